The van der Waals surface area contributed by atoms with Crippen molar-refractivity contribution in [3.8, 4) is 50.5 Å². The van der Waals surface area contributed by atoms with Crippen molar-refractivity contribution in [1.82, 2.24) is 9.55 Å². The number of hydrogen-bond donors (Lipinski definition) is 0. The van der Waals surface area contributed by atoms with E-state index >= 15 is 0 Å². The fraction of sp³-hybridized carbons (Fsp3) is 0. The zero-order chi connectivity index (χ0) is 38.1. The van der Waals surface area contributed by atoms with Gasteiger partial charge in [-0.25, -0.2) is 4.98 Å². The second kappa shape index (κ2) is 11.3. The lowest BCUT2D eigenvalue weighted by molar-refractivity contribution is 1.10. The number of aromatic nitrogens is 2. The van der Waals surface area contributed by atoms with Crippen LogP contribution in [0.5, 0.6) is 0 Å². The Morgan fingerprint density at radius 2 is 0.936 bits per heavy atom. The minimum atomic E-state index is -0.436. The Kier molecular flexibility index (Phi) is 4.80. The van der Waals surface area contributed by atoms with Gasteiger partial charge in [0.05, 0.1) is 22.0 Å². The van der Waals surface area contributed by atoms with Gasteiger partial charge in [-0.3, -0.25) is 4.57 Å². The molecule has 0 aliphatic rings. The third-order valence-corrected chi connectivity index (χ3v) is 8.66. The van der Waals surface area contributed by atoms with Gasteiger partial charge in [0.1, 0.15) is 5.82 Å². The number of hydrogen-bond acceptors (Lipinski definition) is 1. The van der Waals surface area contributed by atoms with Crippen molar-refractivity contribution in [1.29, 1.82) is 0 Å². The second-order valence-corrected chi connectivity index (χ2v) is 11.3. The highest BCUT2D eigenvalue weighted by Crippen LogP contribution is 2.46. The first kappa shape index (κ1) is 20.0. The van der Waals surface area contributed by atoms with E-state index in [-0.39, 0.29) is 45.7 Å². The van der Waals surface area contributed by atoms with Gasteiger partial charge in [0, 0.05) is 11.3 Å². The van der Waals surface area contributed by atoms with Gasteiger partial charge in [-0.15, -0.1) is 0 Å². The Morgan fingerprint density at radius 3 is 1.60 bits per heavy atom. The van der Waals surface area contributed by atoms with Crippen molar-refractivity contribution >= 4 is 32.6 Å². The van der Waals surface area contributed by atoms with E-state index in [2.05, 4.69) is 4.57 Å². The first-order valence-electron chi connectivity index (χ1n) is 19.4. The molecule has 0 aliphatic heterocycles. The van der Waals surface area contributed by atoms with E-state index in [1.165, 1.54) is 0 Å². The molecule has 0 N–H and O–H groups in total. The normalized spacial score (nSPS) is 13.8. The molecule has 1 aromatic heterocycles. The number of para-hydroxylation sites is 3. The molecule has 0 radical (unpaired) electrons. The molecule has 1 heterocycles. The minimum absolute atomic E-state index is 0.172. The summed E-state index contributed by atoms with van der Waals surface area (Å²) in [5, 5.41) is 0.699. The van der Waals surface area contributed by atoms with Gasteiger partial charge in [-0.05, 0) is 79.2 Å². The van der Waals surface area contributed by atoms with E-state index in [9.17, 15) is 5.48 Å². The lowest BCUT2D eigenvalue weighted by Gasteiger charge is -2.20. The van der Waals surface area contributed by atoms with Crippen LogP contribution < -0.4 is 0 Å². The van der Waals surface area contributed by atoms with Gasteiger partial charge in [0.15, 0.2) is 0 Å². The molecule has 9 rings (SSSR count). The fourth-order valence-corrected chi connectivity index (χ4v) is 6.60. The molecule has 2 heteroatoms. The Balaban J connectivity index is 1.40. The van der Waals surface area contributed by atoms with Crippen molar-refractivity contribution < 1.29 is 11.0 Å². The molecule has 8 aromatic carbocycles. The predicted octanol–water partition coefficient (Wildman–Crippen LogP) is 12.0. The van der Waals surface area contributed by atoms with Gasteiger partial charge in [-0.2, -0.15) is 0 Å². The second-order valence-electron chi connectivity index (χ2n) is 11.3. The van der Waals surface area contributed by atoms with E-state index in [1.807, 2.05) is 133 Å². The Bertz CT molecular complexity index is 2920. The zero-order valence-electron chi connectivity index (χ0n) is 33.1. The summed E-state index contributed by atoms with van der Waals surface area (Å²) in [7, 11) is 0. The summed E-state index contributed by atoms with van der Waals surface area (Å²) in [6.45, 7) is 0. The van der Waals surface area contributed by atoms with Crippen LogP contribution >= 0.6 is 0 Å². The van der Waals surface area contributed by atoms with Crippen molar-refractivity contribution in [2.75, 3.05) is 0 Å². The summed E-state index contributed by atoms with van der Waals surface area (Å²) in [4.78, 5) is 5.00. The average Bonchev–Trinajstić information content (AvgIpc) is 3.63. The smallest absolute Gasteiger partial charge is 0.145 e. The van der Waals surface area contributed by atoms with Crippen LogP contribution in [0.3, 0.4) is 0 Å². The first-order valence-corrected chi connectivity index (χ1v) is 15.4. The molecule has 0 saturated heterocycles. The third-order valence-electron chi connectivity index (χ3n) is 8.66. The molecule has 9 aromatic rings. The summed E-state index contributed by atoms with van der Waals surface area (Å²) in [6.07, 6.45) is 0. The quantitative estimate of drug-likeness (QED) is 0.178. The number of benzene rings is 8. The Morgan fingerprint density at radius 1 is 0.426 bits per heavy atom. The van der Waals surface area contributed by atoms with Crippen molar-refractivity contribution in [3.63, 3.8) is 0 Å². The molecular formula is C45H30N2. The van der Waals surface area contributed by atoms with Gasteiger partial charge in [0.2, 0.25) is 0 Å². The predicted molar refractivity (Wildman–Crippen MR) is 198 cm³/mol. The summed E-state index contributed by atoms with van der Waals surface area (Å²) in [6, 6.07) is 39.4. The Labute approximate surface area is 285 Å². The molecule has 0 saturated carbocycles. The first-order chi connectivity index (χ1) is 26.7. The highest BCUT2D eigenvalue weighted by atomic mass is 15.1. The summed E-state index contributed by atoms with van der Waals surface area (Å²) >= 11 is 0. The van der Waals surface area contributed by atoms with Crippen molar-refractivity contribution in [3.05, 3.63) is 182 Å². The molecule has 0 fully saturated rings. The maximum atomic E-state index is 9.36. The molecular weight excluding hydrogens is 569 g/mol. The lowest BCUT2D eigenvalue weighted by Crippen LogP contribution is -1.97. The SMILES string of the molecule is [2H]c1c([2H])c([2H])c2c(-c3ccccc3-c3ccccc3)c3c([2H])c([2H])c([2H])c([2H])c3c(-c3ccc(-c4nc5ccccc5n4-c4ccccc4)cc3)c2c1[2H]. The molecule has 220 valence electrons. The van der Waals surface area contributed by atoms with Crippen LogP contribution in [0.15, 0.2) is 182 Å². The molecule has 47 heavy (non-hydrogen) atoms. The van der Waals surface area contributed by atoms with Gasteiger partial charge in [-0.1, -0.05) is 158 Å². The standard InChI is InChI=1S/C45H30N2/c1-3-15-31(16-4-1)35-19-7-8-20-36(35)44-39-23-11-9-21-37(39)43(38-22-10-12-24-40(38)44)32-27-29-33(30-28-32)45-46-41-25-13-14-26-42(41)47(45)34-17-5-2-6-18-34/h1-30H/i9D,10D,11D,12D,21D,22D,23D,24D. The molecule has 0 amide bonds. The molecule has 0 atom stereocenters. The molecule has 0 bridgehead atoms. The van der Waals surface area contributed by atoms with Crippen LogP contribution in [0.25, 0.3) is 83.0 Å². The number of fused-ring (bicyclic) bond motifs is 3. The van der Waals surface area contributed by atoms with Gasteiger partial charge < -0.3 is 0 Å². The monoisotopic (exact) mass is 606 g/mol. The number of nitrogens with zero attached hydrogens (tertiary/aromatic N) is 2. The van der Waals surface area contributed by atoms with Crippen LogP contribution in [-0.4, -0.2) is 9.55 Å². The van der Waals surface area contributed by atoms with E-state index in [0.29, 0.717) is 28.1 Å². The maximum Gasteiger partial charge on any atom is 0.145 e. The Hall–Kier alpha value is -6.25. The van der Waals surface area contributed by atoms with E-state index in [0.717, 1.165) is 33.4 Å². The van der Waals surface area contributed by atoms with E-state index < -0.39 is 24.2 Å². The van der Waals surface area contributed by atoms with E-state index in [4.69, 9.17) is 10.5 Å². The topological polar surface area (TPSA) is 17.8 Å². The van der Waals surface area contributed by atoms with Crippen LogP contribution in [0.2, 0.25) is 0 Å². The highest BCUT2D eigenvalue weighted by Gasteiger charge is 2.19. The maximum absolute atomic E-state index is 9.36. The highest BCUT2D eigenvalue weighted by molar-refractivity contribution is 6.22. The van der Waals surface area contributed by atoms with E-state index in [1.54, 1.807) is 0 Å². The average molecular weight is 607 g/mol. The largest absolute Gasteiger partial charge is 0.292 e. The van der Waals surface area contributed by atoms with Crippen LogP contribution in [0.1, 0.15) is 11.0 Å². The molecule has 0 unspecified atom stereocenters. The molecule has 0 aliphatic carbocycles. The van der Waals surface area contributed by atoms with Crippen LogP contribution in [0.4, 0.5) is 0 Å². The molecule has 2 nitrogen and oxygen atoms in total. The zero-order valence-corrected chi connectivity index (χ0v) is 25.1. The minimum Gasteiger partial charge on any atom is -0.292 e. The van der Waals surface area contributed by atoms with Crippen molar-refractivity contribution in [2.24, 2.45) is 0 Å². The third kappa shape index (κ3) is 4.54. The number of imidazole rings is 1. The van der Waals surface area contributed by atoms with Crippen molar-refractivity contribution in [2.45, 2.75) is 0 Å². The van der Waals surface area contributed by atoms with Crippen LogP contribution in [0, 0.1) is 0 Å². The summed E-state index contributed by atoms with van der Waals surface area (Å²) in [5.41, 5.74) is 6.81. The fourth-order valence-electron chi connectivity index (χ4n) is 6.60. The number of rotatable bonds is 5. The van der Waals surface area contributed by atoms with Gasteiger partial charge in [0.25, 0.3) is 0 Å². The van der Waals surface area contributed by atoms with Crippen LogP contribution in [-0.2, 0) is 0 Å². The summed E-state index contributed by atoms with van der Waals surface area (Å²) < 4.78 is 74.7. The lowest BCUT2D eigenvalue weighted by atomic mass is 9.84. The van der Waals surface area contributed by atoms with Gasteiger partial charge >= 0.3 is 0 Å². The summed E-state index contributed by atoms with van der Waals surface area (Å²) in [5.74, 6) is 0.699. The molecule has 0 spiro atoms.